The maximum absolute atomic E-state index is 13.2. The van der Waals surface area contributed by atoms with Gasteiger partial charge in [0.25, 0.3) is 5.91 Å². The fourth-order valence-electron chi connectivity index (χ4n) is 3.78. The molecule has 0 atom stereocenters. The van der Waals surface area contributed by atoms with E-state index in [1.54, 1.807) is 16.9 Å². The minimum Gasteiger partial charge on any atom is -0.382 e. The van der Waals surface area contributed by atoms with E-state index in [0.717, 1.165) is 22.2 Å². The Bertz CT molecular complexity index is 1560. The first-order valence-corrected chi connectivity index (χ1v) is 11.2. The van der Waals surface area contributed by atoms with E-state index < -0.39 is 5.91 Å². The highest BCUT2D eigenvalue weighted by molar-refractivity contribution is 6.06. The Labute approximate surface area is 202 Å². The first-order valence-electron chi connectivity index (χ1n) is 11.2. The van der Waals surface area contributed by atoms with Gasteiger partial charge in [-0.1, -0.05) is 32.0 Å². The number of hydrogen-bond donors (Lipinski definition) is 2. The summed E-state index contributed by atoms with van der Waals surface area (Å²) >= 11 is 0. The van der Waals surface area contributed by atoms with Crippen molar-refractivity contribution in [3.63, 3.8) is 0 Å². The van der Waals surface area contributed by atoms with E-state index in [9.17, 15) is 4.79 Å². The number of benzene rings is 1. The summed E-state index contributed by atoms with van der Waals surface area (Å²) in [5.41, 5.74) is 10.3. The zero-order chi connectivity index (χ0) is 24.5. The van der Waals surface area contributed by atoms with E-state index in [2.05, 4.69) is 25.4 Å². The molecule has 0 unspecified atom stereocenters. The molecule has 0 saturated heterocycles. The monoisotopic (exact) mass is 464 g/mol. The zero-order valence-corrected chi connectivity index (χ0v) is 19.6. The number of amides is 1. The molecule has 9 heteroatoms. The molecule has 5 rings (SSSR count). The van der Waals surface area contributed by atoms with Gasteiger partial charge in [-0.05, 0) is 42.3 Å². The summed E-state index contributed by atoms with van der Waals surface area (Å²) in [5, 5.41) is 8.22. The van der Waals surface area contributed by atoms with Crippen molar-refractivity contribution in [1.82, 2.24) is 29.7 Å². The van der Waals surface area contributed by atoms with Crippen LogP contribution in [0.25, 0.3) is 33.5 Å². The summed E-state index contributed by atoms with van der Waals surface area (Å²) in [6.07, 6.45) is 3.56. The van der Waals surface area contributed by atoms with Crippen LogP contribution in [0.4, 0.5) is 11.6 Å². The van der Waals surface area contributed by atoms with Gasteiger partial charge in [0.1, 0.15) is 17.2 Å². The highest BCUT2D eigenvalue weighted by atomic mass is 16.2. The summed E-state index contributed by atoms with van der Waals surface area (Å²) in [6, 6.07) is 16.9. The van der Waals surface area contributed by atoms with Gasteiger partial charge in [-0.15, -0.1) is 0 Å². The number of carbonyl (C=O) groups excluding carboxylic acids is 1. The number of nitrogens with zero attached hydrogens (tertiary/aromatic N) is 6. The normalized spacial score (nSPS) is 11.2. The summed E-state index contributed by atoms with van der Waals surface area (Å²) in [7, 11) is 1.82. The minimum atomic E-state index is -0.486. The topological polar surface area (TPSA) is 124 Å². The molecule has 9 nitrogen and oxygen atoms in total. The number of nitrogen functional groups attached to an aromatic ring is 1. The first-order chi connectivity index (χ1) is 16.9. The minimum absolute atomic E-state index is 0.00868. The number of rotatable bonds is 5. The van der Waals surface area contributed by atoms with Gasteiger partial charge >= 0.3 is 0 Å². The Morgan fingerprint density at radius 3 is 2.63 bits per heavy atom. The second-order valence-corrected chi connectivity index (χ2v) is 8.50. The lowest BCUT2D eigenvalue weighted by Crippen LogP contribution is -2.19. The van der Waals surface area contributed by atoms with Gasteiger partial charge < -0.3 is 11.1 Å². The Hall–Kier alpha value is -4.66. The van der Waals surface area contributed by atoms with Crippen LogP contribution in [0.1, 0.15) is 35.9 Å². The Morgan fingerprint density at radius 1 is 1.00 bits per heavy atom. The SMILES string of the molecule is CC(C)c1cccc(NC(=O)c2nc(-c3ccc4ncccc4c3)c(-c3ccn(C)n3)nc2N)n1. The second kappa shape index (κ2) is 8.94. The van der Waals surface area contributed by atoms with Gasteiger partial charge in [-0.2, -0.15) is 5.10 Å². The Kier molecular flexibility index (Phi) is 5.66. The van der Waals surface area contributed by atoms with E-state index in [-0.39, 0.29) is 17.4 Å². The molecule has 0 bridgehead atoms. The van der Waals surface area contributed by atoms with E-state index in [0.29, 0.717) is 22.9 Å². The van der Waals surface area contributed by atoms with Crippen LogP contribution in [-0.4, -0.2) is 35.6 Å². The smallest absolute Gasteiger partial charge is 0.279 e. The van der Waals surface area contributed by atoms with Crippen LogP contribution in [0.2, 0.25) is 0 Å². The quantitative estimate of drug-likeness (QED) is 0.394. The van der Waals surface area contributed by atoms with E-state index in [4.69, 9.17) is 10.7 Å². The van der Waals surface area contributed by atoms with Crippen molar-refractivity contribution >= 4 is 28.4 Å². The van der Waals surface area contributed by atoms with Crippen LogP contribution in [0.15, 0.2) is 67.0 Å². The summed E-state index contributed by atoms with van der Waals surface area (Å²) < 4.78 is 1.68. The van der Waals surface area contributed by atoms with Gasteiger partial charge in [0, 0.05) is 36.1 Å². The molecule has 1 aromatic carbocycles. The molecule has 0 aliphatic heterocycles. The molecule has 0 fully saturated rings. The fraction of sp³-hybridized carbons (Fsp3) is 0.154. The van der Waals surface area contributed by atoms with Crippen LogP contribution >= 0.6 is 0 Å². The number of nitrogens with one attached hydrogen (secondary N) is 1. The van der Waals surface area contributed by atoms with Gasteiger partial charge in [-0.3, -0.25) is 14.5 Å². The largest absolute Gasteiger partial charge is 0.382 e. The lowest BCUT2D eigenvalue weighted by atomic mass is 10.0. The molecular weight excluding hydrogens is 440 g/mol. The van der Waals surface area contributed by atoms with Gasteiger partial charge in [0.15, 0.2) is 11.5 Å². The summed E-state index contributed by atoms with van der Waals surface area (Å²) in [4.78, 5) is 31.3. The van der Waals surface area contributed by atoms with E-state index in [1.165, 1.54) is 0 Å². The number of anilines is 2. The van der Waals surface area contributed by atoms with Crippen molar-refractivity contribution in [3.8, 4) is 22.6 Å². The predicted molar refractivity (Wildman–Crippen MR) is 136 cm³/mol. The average Bonchev–Trinajstić information content (AvgIpc) is 3.29. The third-order valence-corrected chi connectivity index (χ3v) is 5.57. The van der Waals surface area contributed by atoms with Crippen LogP contribution in [0, 0.1) is 0 Å². The highest BCUT2D eigenvalue weighted by Gasteiger charge is 2.22. The number of aromatic nitrogens is 6. The van der Waals surface area contributed by atoms with Gasteiger partial charge in [-0.25, -0.2) is 15.0 Å². The van der Waals surface area contributed by atoms with Crippen LogP contribution in [0.3, 0.4) is 0 Å². The molecule has 0 aliphatic carbocycles. The highest BCUT2D eigenvalue weighted by Crippen LogP contribution is 2.31. The number of hydrogen-bond acceptors (Lipinski definition) is 7. The molecule has 3 N–H and O–H groups in total. The molecule has 5 aromatic rings. The third kappa shape index (κ3) is 4.43. The zero-order valence-electron chi connectivity index (χ0n) is 19.6. The Morgan fingerprint density at radius 2 is 1.86 bits per heavy atom. The molecule has 0 radical (unpaired) electrons. The van der Waals surface area contributed by atoms with Gasteiger partial charge in [0.05, 0.1) is 11.2 Å². The molecular formula is C26H24N8O. The lowest BCUT2D eigenvalue weighted by Gasteiger charge is -2.13. The van der Waals surface area contributed by atoms with Gasteiger partial charge in [0.2, 0.25) is 0 Å². The van der Waals surface area contributed by atoms with Crippen molar-refractivity contribution in [3.05, 3.63) is 78.4 Å². The first kappa shape index (κ1) is 22.1. The van der Waals surface area contributed by atoms with E-state index in [1.807, 2.05) is 75.6 Å². The van der Waals surface area contributed by atoms with Crippen LogP contribution in [0.5, 0.6) is 0 Å². The molecule has 0 spiro atoms. The number of aryl methyl sites for hydroxylation is 1. The van der Waals surface area contributed by atoms with E-state index >= 15 is 0 Å². The number of pyridine rings is 2. The molecule has 4 heterocycles. The summed E-state index contributed by atoms with van der Waals surface area (Å²) in [6.45, 7) is 4.08. The third-order valence-electron chi connectivity index (χ3n) is 5.57. The fourth-order valence-corrected chi connectivity index (χ4v) is 3.78. The summed E-state index contributed by atoms with van der Waals surface area (Å²) in [5.74, 6) is 0.173. The maximum Gasteiger partial charge on any atom is 0.279 e. The number of carbonyl (C=O) groups is 1. The van der Waals surface area contributed by atoms with Crippen LogP contribution in [-0.2, 0) is 7.05 Å². The molecule has 0 aliphatic rings. The number of nitrogens with two attached hydrogens (primary N) is 1. The van der Waals surface area contributed by atoms with Crippen molar-refractivity contribution in [1.29, 1.82) is 0 Å². The molecule has 1 amide bonds. The molecule has 0 saturated carbocycles. The Balaban J connectivity index is 1.61. The lowest BCUT2D eigenvalue weighted by molar-refractivity contribution is 0.102. The maximum atomic E-state index is 13.2. The second-order valence-electron chi connectivity index (χ2n) is 8.50. The predicted octanol–water partition coefficient (Wildman–Crippen LogP) is 4.45. The van der Waals surface area contributed by atoms with Crippen molar-refractivity contribution in [2.75, 3.05) is 11.1 Å². The standard InChI is InChI=1S/C26H24N8O/c1-15(2)18-7-4-8-21(29-18)30-26(35)24-25(27)32-23(20-11-13-34(3)33-20)22(31-24)17-9-10-19-16(14-17)6-5-12-28-19/h4-15H,1-3H3,(H2,27,32)(H,29,30,35). The average molecular weight is 465 g/mol. The molecule has 4 aromatic heterocycles. The van der Waals surface area contributed by atoms with Crippen molar-refractivity contribution < 1.29 is 4.79 Å². The molecule has 35 heavy (non-hydrogen) atoms. The number of fused-ring (bicyclic) bond motifs is 1. The van der Waals surface area contributed by atoms with Crippen molar-refractivity contribution in [2.45, 2.75) is 19.8 Å². The molecule has 174 valence electrons. The van der Waals surface area contributed by atoms with Crippen molar-refractivity contribution in [2.24, 2.45) is 7.05 Å². The van der Waals surface area contributed by atoms with Crippen LogP contribution < -0.4 is 11.1 Å².